The summed E-state index contributed by atoms with van der Waals surface area (Å²) in [6.07, 6.45) is 2.98. The lowest BCUT2D eigenvalue weighted by Crippen LogP contribution is -2.57. The Morgan fingerprint density at radius 2 is 2.04 bits per heavy atom. The smallest absolute Gasteiger partial charge is 0.322 e. The van der Waals surface area contributed by atoms with Crippen LogP contribution in [-0.2, 0) is 29.6 Å². The van der Waals surface area contributed by atoms with Crippen LogP contribution in [-0.4, -0.2) is 17.1 Å². The molecule has 0 radical (unpaired) electrons. The molecule has 2 atom stereocenters. The van der Waals surface area contributed by atoms with Crippen molar-refractivity contribution in [1.29, 1.82) is 0 Å². The standard InChI is InChI=1S/C19H19N3O3/c1-10-3-4-12-8-18(6-5-15-13(9-18)11(2)25-22-15)19(14(12)7-10)16(23)20-17(24)21-19/h3-4,7H,5-6,8-9H2,1-2H3,(H2,20,21,23,24). The first kappa shape index (κ1) is 14.7. The van der Waals surface area contributed by atoms with E-state index in [-0.39, 0.29) is 11.3 Å². The molecule has 1 aromatic carbocycles. The van der Waals surface area contributed by atoms with Crippen LogP contribution in [0.5, 0.6) is 0 Å². The Morgan fingerprint density at radius 1 is 1.20 bits per heavy atom. The van der Waals surface area contributed by atoms with Crippen LogP contribution in [0.4, 0.5) is 4.79 Å². The van der Waals surface area contributed by atoms with Crippen molar-refractivity contribution in [3.63, 3.8) is 0 Å². The molecule has 5 rings (SSSR count). The number of aryl methyl sites for hydroxylation is 3. The molecule has 2 aliphatic carbocycles. The predicted octanol–water partition coefficient (Wildman–Crippen LogP) is 2.06. The van der Waals surface area contributed by atoms with Gasteiger partial charge in [-0.2, -0.15) is 0 Å². The summed E-state index contributed by atoms with van der Waals surface area (Å²) in [6, 6.07) is 5.80. The van der Waals surface area contributed by atoms with Crippen molar-refractivity contribution in [2.24, 2.45) is 5.41 Å². The van der Waals surface area contributed by atoms with Crippen LogP contribution in [0.15, 0.2) is 22.7 Å². The van der Waals surface area contributed by atoms with E-state index in [4.69, 9.17) is 4.52 Å². The maximum atomic E-state index is 13.1. The summed E-state index contributed by atoms with van der Waals surface area (Å²) in [5.41, 5.74) is 3.84. The summed E-state index contributed by atoms with van der Waals surface area (Å²) in [5.74, 6) is 0.570. The number of aromatic nitrogens is 1. The van der Waals surface area contributed by atoms with Crippen molar-refractivity contribution >= 4 is 11.9 Å². The largest absolute Gasteiger partial charge is 0.361 e. The van der Waals surface area contributed by atoms with Crippen LogP contribution in [0.1, 0.15) is 40.1 Å². The molecule has 1 aromatic heterocycles. The van der Waals surface area contributed by atoms with Crippen LogP contribution >= 0.6 is 0 Å². The van der Waals surface area contributed by atoms with E-state index >= 15 is 0 Å². The number of rotatable bonds is 0. The van der Waals surface area contributed by atoms with Crippen LogP contribution in [0.3, 0.4) is 0 Å². The van der Waals surface area contributed by atoms with E-state index in [1.807, 2.05) is 19.9 Å². The minimum atomic E-state index is -1.01. The lowest BCUT2D eigenvalue weighted by Gasteiger charge is -2.44. The third kappa shape index (κ3) is 1.67. The second-order valence-electron chi connectivity index (χ2n) is 7.62. The van der Waals surface area contributed by atoms with Crippen LogP contribution in [0.25, 0.3) is 0 Å². The average Bonchev–Trinajstić information content (AvgIpc) is 3.17. The van der Waals surface area contributed by atoms with E-state index in [0.29, 0.717) is 6.42 Å². The zero-order valence-electron chi connectivity index (χ0n) is 14.2. The molecule has 25 heavy (non-hydrogen) atoms. The topological polar surface area (TPSA) is 84.2 Å². The summed E-state index contributed by atoms with van der Waals surface area (Å²) in [5, 5.41) is 9.66. The first-order valence-electron chi connectivity index (χ1n) is 8.63. The fourth-order valence-electron chi connectivity index (χ4n) is 5.11. The maximum Gasteiger partial charge on any atom is 0.322 e. The predicted molar refractivity (Wildman–Crippen MR) is 88.9 cm³/mol. The Kier molecular flexibility index (Phi) is 2.65. The van der Waals surface area contributed by atoms with E-state index in [1.54, 1.807) is 0 Å². The van der Waals surface area contributed by atoms with Crippen LogP contribution in [0, 0.1) is 19.3 Å². The van der Waals surface area contributed by atoms with Gasteiger partial charge in [0.1, 0.15) is 5.76 Å². The molecule has 3 amide bonds. The lowest BCUT2D eigenvalue weighted by atomic mass is 9.61. The van der Waals surface area contributed by atoms with Gasteiger partial charge in [-0.25, -0.2) is 4.79 Å². The normalized spacial score (nSPS) is 29.7. The van der Waals surface area contributed by atoms with Crippen LogP contribution < -0.4 is 10.6 Å². The third-order valence-corrected chi connectivity index (χ3v) is 6.28. The molecule has 2 spiro atoms. The van der Waals surface area contributed by atoms with Gasteiger partial charge in [-0.3, -0.25) is 10.1 Å². The van der Waals surface area contributed by atoms with Crippen molar-refractivity contribution in [2.45, 2.75) is 45.1 Å². The number of urea groups is 1. The maximum absolute atomic E-state index is 13.1. The summed E-state index contributed by atoms with van der Waals surface area (Å²) in [4.78, 5) is 25.2. The molecule has 128 valence electrons. The highest BCUT2D eigenvalue weighted by atomic mass is 16.5. The summed E-state index contributed by atoms with van der Waals surface area (Å²) in [7, 11) is 0. The molecule has 0 bridgehead atoms. The molecule has 6 nitrogen and oxygen atoms in total. The highest BCUT2D eigenvalue weighted by molar-refractivity contribution is 6.08. The van der Waals surface area contributed by atoms with E-state index in [1.165, 1.54) is 0 Å². The fraction of sp³-hybridized carbons (Fsp3) is 0.421. The number of nitrogens with zero attached hydrogens (tertiary/aromatic N) is 1. The molecule has 6 heteroatoms. The lowest BCUT2D eigenvalue weighted by molar-refractivity contribution is -0.129. The number of nitrogens with one attached hydrogen (secondary N) is 2. The first-order chi connectivity index (χ1) is 11.9. The van der Waals surface area contributed by atoms with Crippen molar-refractivity contribution < 1.29 is 14.1 Å². The zero-order chi connectivity index (χ0) is 17.4. The van der Waals surface area contributed by atoms with E-state index in [2.05, 4.69) is 27.9 Å². The van der Waals surface area contributed by atoms with Crippen molar-refractivity contribution in [2.75, 3.05) is 0 Å². The monoisotopic (exact) mass is 337 g/mol. The van der Waals surface area contributed by atoms with Gasteiger partial charge in [0.2, 0.25) is 0 Å². The van der Waals surface area contributed by atoms with Gasteiger partial charge >= 0.3 is 6.03 Å². The Balaban J connectivity index is 1.74. The minimum absolute atomic E-state index is 0.237. The van der Waals surface area contributed by atoms with Crippen molar-refractivity contribution in [3.05, 3.63) is 51.9 Å². The molecule has 1 fully saturated rings. The van der Waals surface area contributed by atoms with Gasteiger partial charge in [0, 0.05) is 11.0 Å². The molecule has 2 unspecified atom stereocenters. The van der Waals surface area contributed by atoms with Gasteiger partial charge in [-0.15, -0.1) is 0 Å². The molecule has 1 saturated heterocycles. The van der Waals surface area contributed by atoms with Crippen molar-refractivity contribution in [3.8, 4) is 0 Å². The summed E-state index contributed by atoms with van der Waals surface area (Å²) in [6.45, 7) is 3.92. The number of hydrogen-bond acceptors (Lipinski definition) is 4. The average molecular weight is 337 g/mol. The van der Waals surface area contributed by atoms with E-state index in [9.17, 15) is 9.59 Å². The number of carbonyl (C=O) groups is 2. The molecular weight excluding hydrogens is 318 g/mol. The van der Waals surface area contributed by atoms with Gasteiger partial charge in [-0.05, 0) is 50.7 Å². The molecule has 0 saturated carbocycles. The van der Waals surface area contributed by atoms with Gasteiger partial charge in [-0.1, -0.05) is 28.9 Å². The Labute approximate surface area is 145 Å². The van der Waals surface area contributed by atoms with Gasteiger partial charge in [0.15, 0.2) is 5.54 Å². The quantitative estimate of drug-likeness (QED) is 0.721. The minimum Gasteiger partial charge on any atom is -0.361 e. The first-order valence-corrected chi connectivity index (χ1v) is 8.63. The zero-order valence-corrected chi connectivity index (χ0v) is 14.2. The number of fused-ring (bicyclic) bond motifs is 4. The number of amides is 3. The Bertz CT molecular complexity index is 947. The van der Waals surface area contributed by atoms with Crippen LogP contribution in [0.2, 0.25) is 0 Å². The molecule has 3 aliphatic rings. The second-order valence-corrected chi connectivity index (χ2v) is 7.62. The Morgan fingerprint density at radius 3 is 2.80 bits per heavy atom. The molecule has 1 aliphatic heterocycles. The number of hydrogen-bond donors (Lipinski definition) is 2. The molecular formula is C19H19N3O3. The Hall–Kier alpha value is -2.63. The van der Waals surface area contributed by atoms with Crippen molar-refractivity contribution in [1.82, 2.24) is 15.8 Å². The number of imide groups is 1. The summed E-state index contributed by atoms with van der Waals surface area (Å²) >= 11 is 0. The van der Waals surface area contributed by atoms with Gasteiger partial charge < -0.3 is 9.84 Å². The SMILES string of the molecule is Cc1ccc2c(c1)C1(NC(=O)NC1=O)C1(CCc3noc(C)c3C1)C2. The highest BCUT2D eigenvalue weighted by Crippen LogP contribution is 2.58. The number of benzene rings is 1. The molecule has 2 heterocycles. The van der Waals surface area contributed by atoms with E-state index < -0.39 is 11.6 Å². The molecule has 2 N–H and O–H groups in total. The highest BCUT2D eigenvalue weighted by Gasteiger charge is 2.66. The summed E-state index contributed by atoms with van der Waals surface area (Å²) < 4.78 is 5.38. The number of carbonyl (C=O) groups excluding carboxylic acids is 2. The second kappa shape index (κ2) is 4.50. The molecule has 2 aromatic rings. The van der Waals surface area contributed by atoms with Gasteiger partial charge in [0.25, 0.3) is 5.91 Å². The third-order valence-electron chi connectivity index (χ3n) is 6.28. The van der Waals surface area contributed by atoms with Gasteiger partial charge in [0.05, 0.1) is 5.69 Å². The fourth-order valence-corrected chi connectivity index (χ4v) is 5.11. The van der Waals surface area contributed by atoms with E-state index in [0.717, 1.165) is 53.0 Å².